The molecule has 6 N–H and O–H groups in total. The number of pyridine rings is 2. The Morgan fingerprint density at radius 2 is 0.772 bits per heavy atom. The molecule has 726 valence electrons. The van der Waals surface area contributed by atoms with Gasteiger partial charge in [-0.2, -0.15) is 0 Å². The van der Waals surface area contributed by atoms with Crippen molar-refractivity contribution in [2.45, 2.75) is 126 Å². The van der Waals surface area contributed by atoms with Crippen LogP contribution in [-0.2, 0) is 117 Å². The molecule has 12 rings (SSSR count). The summed E-state index contributed by atoms with van der Waals surface area (Å²) in [6.45, 7) is 16.9. The number of carbonyl (C=O) groups is 9. The number of alkyl carbamates (subject to hydrolysis) is 1. The monoisotopic (exact) mass is 1960 g/mol. The molecular formula is C95H110F2N8O27P4. The summed E-state index contributed by atoms with van der Waals surface area (Å²) in [5.41, 5.74) is 10.6. The third kappa shape index (κ3) is 30.9. The van der Waals surface area contributed by atoms with E-state index in [0.717, 1.165) is 11.1 Å². The van der Waals surface area contributed by atoms with Crippen molar-refractivity contribution in [1.82, 2.24) is 35.7 Å². The summed E-state index contributed by atoms with van der Waals surface area (Å²) in [6.07, 6.45) is -2.65. The molecule has 0 radical (unpaired) electrons. The first-order chi connectivity index (χ1) is 65.1. The Bertz CT molecular complexity index is 5970. The Balaban J connectivity index is 0.000000211. The average molecular weight is 1960 g/mol. The number of fused-ring (bicyclic) bond motifs is 4. The molecule has 2 aromatic heterocycles. The molecule has 2 aliphatic heterocycles. The highest BCUT2D eigenvalue weighted by Crippen LogP contribution is 2.53. The fraction of sp³-hybridized carbons (Fsp3) is 0.337. The van der Waals surface area contributed by atoms with Gasteiger partial charge in [0, 0.05) is 81.1 Å². The lowest BCUT2D eigenvalue weighted by molar-refractivity contribution is -0.151. The van der Waals surface area contributed by atoms with Crippen LogP contribution in [0.3, 0.4) is 0 Å². The number of esters is 4. The number of hydrogen-bond acceptors (Lipinski definition) is 30. The molecule has 10 aromatic rings. The Morgan fingerprint density at radius 1 is 0.426 bits per heavy atom. The predicted molar refractivity (Wildman–Crippen MR) is 500 cm³/mol. The van der Waals surface area contributed by atoms with Gasteiger partial charge in [-0.25, -0.2) is 46.4 Å². The number of nitrogens with two attached hydrogens (primary N) is 1. The molecular weight excluding hydrogens is 1850 g/mol. The lowest BCUT2D eigenvalue weighted by atomic mass is 9.93. The van der Waals surface area contributed by atoms with Crippen molar-refractivity contribution in [2.75, 3.05) is 83.9 Å². The first-order valence-electron chi connectivity index (χ1n) is 43.6. The molecule has 2 aliphatic rings. The van der Waals surface area contributed by atoms with Crippen LogP contribution in [0.1, 0.15) is 137 Å². The standard InChI is InChI=1S/C33H33FN3O7P.C28H31FN3O8P.C21H26NO7P.C13H20NO5P/c1-4-42-33(40)22(3)43-45(41,44-25-9-6-5-7-10-25)18-17-36-31(38)29-26-11-8-16-35-30(26)21(2)28-27(29)20-37(32(28)39)19-23-12-14-24(34)15-13-23;1-4-38-28(36)17(3)40-41(37,39-5-2)14-13-31-26(34)22-20-7-6-12-30-24(20)25(33)23-21(22)16-32(27(23)35)15-18-8-10-19(29)11-9-18;1-3-26-20(23)17(2)28-30(25,29-19-12-8-5-9-13-19)15-14-22-21(24)27-16-18-10-6-4-7-11-18;1-3-17-13(15)11(2)18-20(16,10-9-14)19-12-7-5-4-6-8-12/h5-16,22H,4,17-20H2,1-3H3,(H,36,38);6-12,17,33H,4-5,13-16H2,1-3H3,(H,31,34);4-13,17H,3,14-16H2,1-2H3,(H,22,24);4-8,11H,3,9-10,14H2,1-2H3/t22-,45?;17-,41?;17-,30?;11-,20?/m0000/s1. The summed E-state index contributed by atoms with van der Waals surface area (Å²) in [6, 6.07) is 52.9. The Morgan fingerprint density at radius 3 is 1.16 bits per heavy atom. The number of halogens is 2. The van der Waals surface area contributed by atoms with Crippen molar-refractivity contribution >= 4 is 106 Å². The van der Waals surface area contributed by atoms with Gasteiger partial charge in [-0.05, 0) is 170 Å². The van der Waals surface area contributed by atoms with Gasteiger partial charge in [0.05, 0.1) is 85.5 Å². The minimum atomic E-state index is -3.97. The summed E-state index contributed by atoms with van der Waals surface area (Å²) in [7, 11) is -15.0. The van der Waals surface area contributed by atoms with E-state index < -0.39 is 108 Å². The molecule has 5 amide bonds. The van der Waals surface area contributed by atoms with Gasteiger partial charge in [0.15, 0.2) is 30.2 Å². The van der Waals surface area contributed by atoms with E-state index in [0.29, 0.717) is 55.6 Å². The molecule has 0 saturated heterocycles. The molecule has 35 nitrogen and oxygen atoms in total. The molecule has 0 fully saturated rings. The van der Waals surface area contributed by atoms with Crippen molar-refractivity contribution < 1.29 is 135 Å². The lowest BCUT2D eigenvalue weighted by Gasteiger charge is -2.22. The second-order valence-electron chi connectivity index (χ2n) is 30.1. The van der Waals surface area contributed by atoms with Crippen LogP contribution < -0.4 is 35.3 Å². The molecule has 0 saturated carbocycles. The second kappa shape index (κ2) is 51.9. The van der Waals surface area contributed by atoms with Crippen LogP contribution in [0.2, 0.25) is 0 Å². The molecule has 0 spiro atoms. The number of phenolic OH excluding ortho intramolecular Hbond substituents is 1. The minimum absolute atomic E-state index is 0.0182. The zero-order valence-corrected chi connectivity index (χ0v) is 80.2. The van der Waals surface area contributed by atoms with Gasteiger partial charge in [-0.3, -0.25) is 51.8 Å². The third-order valence-corrected chi connectivity index (χ3v) is 27.7. The summed E-state index contributed by atoms with van der Waals surface area (Å²) in [5, 5.41) is 19.9. The number of carbonyl (C=O) groups excluding carboxylic acids is 9. The number of para-hydroxylation sites is 3. The van der Waals surface area contributed by atoms with E-state index in [-0.39, 0.29) is 162 Å². The van der Waals surface area contributed by atoms with Gasteiger partial charge in [0.1, 0.15) is 41.0 Å². The number of phenols is 1. The zero-order valence-electron chi connectivity index (χ0n) is 76.6. The van der Waals surface area contributed by atoms with Crippen LogP contribution in [0.4, 0.5) is 13.6 Å². The number of aryl methyl sites for hydroxylation is 1. The van der Waals surface area contributed by atoms with Crippen LogP contribution in [-0.4, -0.2) is 187 Å². The molecule has 0 bridgehead atoms. The third-order valence-electron chi connectivity index (χ3n) is 19.9. The van der Waals surface area contributed by atoms with Crippen molar-refractivity contribution in [3.8, 4) is 23.0 Å². The number of amides is 5. The molecule has 4 heterocycles. The molecule has 8 aromatic carbocycles. The minimum Gasteiger partial charge on any atom is -0.505 e. The molecule has 41 heteroatoms. The Labute approximate surface area is 785 Å². The maximum atomic E-state index is 13.9. The predicted octanol–water partition coefficient (Wildman–Crippen LogP) is 16.3. The van der Waals surface area contributed by atoms with E-state index in [1.54, 1.807) is 186 Å². The van der Waals surface area contributed by atoms with Crippen LogP contribution in [0.5, 0.6) is 23.0 Å². The van der Waals surface area contributed by atoms with E-state index in [4.69, 9.17) is 65.6 Å². The number of hydrogen-bond donors (Lipinski definition) is 5. The van der Waals surface area contributed by atoms with Crippen molar-refractivity contribution in [2.24, 2.45) is 5.73 Å². The number of aromatic nitrogens is 2. The number of rotatable bonds is 43. The molecule has 4 unspecified atom stereocenters. The summed E-state index contributed by atoms with van der Waals surface area (Å²) >= 11 is 0. The van der Waals surface area contributed by atoms with E-state index in [2.05, 4.69) is 25.9 Å². The topological polar surface area (TPSA) is 456 Å². The number of nitrogens with one attached hydrogen (secondary N) is 3. The average Bonchev–Trinajstić information content (AvgIpc) is 0.783. The van der Waals surface area contributed by atoms with Crippen LogP contribution in [0.15, 0.2) is 207 Å². The van der Waals surface area contributed by atoms with Gasteiger partial charge in [-0.1, -0.05) is 121 Å². The van der Waals surface area contributed by atoms with Gasteiger partial charge in [0.25, 0.3) is 23.6 Å². The fourth-order valence-electron chi connectivity index (χ4n) is 13.8. The Hall–Kier alpha value is -12.7. The van der Waals surface area contributed by atoms with Crippen molar-refractivity contribution in [1.29, 1.82) is 0 Å². The van der Waals surface area contributed by atoms with E-state index >= 15 is 0 Å². The summed E-state index contributed by atoms with van der Waals surface area (Å²) in [4.78, 5) is 126. The lowest BCUT2D eigenvalue weighted by Crippen LogP contribution is -2.30. The highest BCUT2D eigenvalue weighted by atomic mass is 31.2. The largest absolute Gasteiger partial charge is 0.505 e. The van der Waals surface area contributed by atoms with E-state index in [1.807, 2.05) is 36.4 Å². The number of nitrogens with zero attached hydrogens (tertiary/aromatic N) is 4. The molecule has 136 heavy (non-hydrogen) atoms. The highest BCUT2D eigenvalue weighted by molar-refractivity contribution is 7.55. The summed E-state index contributed by atoms with van der Waals surface area (Å²) in [5.74, 6) is -4.56. The van der Waals surface area contributed by atoms with Crippen molar-refractivity contribution in [3.63, 3.8) is 0 Å². The maximum absolute atomic E-state index is 13.9. The molecule has 8 atom stereocenters. The fourth-order valence-corrected chi connectivity index (χ4v) is 20.3. The van der Waals surface area contributed by atoms with Gasteiger partial charge < -0.3 is 78.4 Å². The maximum Gasteiger partial charge on any atom is 0.407 e. The quantitative estimate of drug-likeness (QED) is 0.0135. The first kappa shape index (κ1) is 107. The van der Waals surface area contributed by atoms with Crippen LogP contribution >= 0.6 is 30.4 Å². The number of benzene rings is 8. The van der Waals surface area contributed by atoms with Crippen molar-refractivity contribution in [3.05, 3.63) is 274 Å². The van der Waals surface area contributed by atoms with Crippen LogP contribution in [0, 0.1) is 18.6 Å². The van der Waals surface area contributed by atoms with Crippen LogP contribution in [0.25, 0.3) is 21.8 Å². The normalized spacial score (nSPS) is 14.5. The summed E-state index contributed by atoms with van der Waals surface area (Å²) < 4.78 is 148. The van der Waals surface area contributed by atoms with Gasteiger partial charge >= 0.3 is 60.4 Å². The SMILES string of the molecule is CCOC(=O)[C@H](C)OP(=O)(CCN)Oc1ccccc1.CCOC(=O)[C@H](C)OP(=O)(CCNC(=O)OCc1ccccc1)Oc1ccccc1.CCOC(=O)[C@H](C)OP(=O)(CCNC(=O)c1c2c(c(C)c3ncccc13)C(=O)N(Cc1ccc(F)cc1)C2)Oc1ccccc1.CCOC(=O)[C@H](C)OP(=O)(CCNC(=O)c1c2c(c(O)c3ncccc13)C(=O)N(Cc1ccc(F)cc1)C2)OCC. The zero-order chi connectivity index (χ0) is 98.7. The highest BCUT2D eigenvalue weighted by Gasteiger charge is 2.41. The number of ether oxygens (including phenoxy) is 5. The Kier molecular flexibility index (Phi) is 40.8. The second-order valence-corrected chi connectivity index (χ2v) is 38.4. The van der Waals surface area contributed by atoms with Gasteiger partial charge in [0.2, 0.25) is 0 Å². The molecule has 0 aliphatic carbocycles. The smallest absolute Gasteiger partial charge is 0.407 e. The number of aromatic hydroxyl groups is 1. The van der Waals surface area contributed by atoms with E-state index in [9.17, 15) is 75.3 Å². The van der Waals surface area contributed by atoms with Gasteiger partial charge in [-0.15, -0.1) is 0 Å². The first-order valence-corrected chi connectivity index (χ1v) is 50.5. The van der Waals surface area contributed by atoms with E-state index in [1.165, 1.54) is 63.1 Å².